The second-order valence-corrected chi connectivity index (χ2v) is 7.67. The number of hydrogen-bond acceptors (Lipinski definition) is 5. The molecule has 1 N–H and O–H groups in total. The first-order chi connectivity index (χ1) is 12.3. The van der Waals surface area contributed by atoms with Gasteiger partial charge in [0.15, 0.2) is 0 Å². The summed E-state index contributed by atoms with van der Waals surface area (Å²) in [5.74, 6) is -0.837. The lowest BCUT2D eigenvalue weighted by Gasteiger charge is -2.22. The maximum Gasteiger partial charge on any atom is 0.530 e. The number of carbonyl (C=O) groups excluding carboxylic acids is 1. The van der Waals surface area contributed by atoms with Crippen LogP contribution in [0.2, 0.25) is 0 Å². The molecule has 6 nitrogen and oxygen atoms in total. The Bertz CT molecular complexity index is 718. The summed E-state index contributed by atoms with van der Waals surface area (Å²) in [6, 6.07) is 4.18. The minimum Gasteiger partial charge on any atom is -0.409 e. The molecule has 0 aromatic heterocycles. The van der Waals surface area contributed by atoms with Gasteiger partial charge in [0.05, 0.1) is 17.8 Å². The topological polar surface area (TPSA) is 73.9 Å². The van der Waals surface area contributed by atoms with Crippen molar-refractivity contribution in [1.29, 1.82) is 0 Å². The molecule has 152 valence electrons. The monoisotopic (exact) mass is 409 g/mol. The maximum absolute atomic E-state index is 12.7. The van der Waals surface area contributed by atoms with Crippen molar-refractivity contribution in [2.45, 2.75) is 53.0 Å². The van der Waals surface area contributed by atoms with Gasteiger partial charge in [-0.15, -0.1) is 0 Å². The van der Waals surface area contributed by atoms with Crippen molar-refractivity contribution in [3.63, 3.8) is 0 Å². The number of amides is 1. The number of rotatable bonds is 8. The van der Waals surface area contributed by atoms with Gasteiger partial charge in [-0.25, -0.2) is 4.57 Å². The van der Waals surface area contributed by atoms with Crippen LogP contribution in [0.3, 0.4) is 0 Å². The Morgan fingerprint density at radius 3 is 2.19 bits per heavy atom. The lowest BCUT2D eigenvalue weighted by molar-refractivity contribution is -0.137. The fourth-order valence-corrected chi connectivity index (χ4v) is 3.50. The van der Waals surface area contributed by atoms with Gasteiger partial charge in [0.2, 0.25) is 0 Å². The lowest BCUT2D eigenvalue weighted by Crippen LogP contribution is -2.12. The third-order valence-corrected chi connectivity index (χ3v) is 4.60. The number of phosphoric ester groups is 1. The van der Waals surface area contributed by atoms with E-state index < -0.39 is 37.7 Å². The van der Waals surface area contributed by atoms with Crippen molar-refractivity contribution in [3.05, 3.63) is 41.7 Å². The SMILES string of the molecule is CC(=CC(=O)Nc1cccc(C(F)(F)F)c1)OP(=O)(OC(C)C)OC(C)C. The van der Waals surface area contributed by atoms with Gasteiger partial charge in [0.25, 0.3) is 5.91 Å². The maximum atomic E-state index is 12.7. The van der Waals surface area contributed by atoms with Crippen molar-refractivity contribution >= 4 is 19.4 Å². The van der Waals surface area contributed by atoms with Gasteiger partial charge in [-0.2, -0.15) is 13.2 Å². The van der Waals surface area contributed by atoms with E-state index in [1.807, 2.05) is 0 Å². The van der Waals surface area contributed by atoms with Crippen LogP contribution in [0.15, 0.2) is 36.1 Å². The summed E-state index contributed by atoms with van der Waals surface area (Å²) in [5.41, 5.74) is -0.934. The van der Waals surface area contributed by atoms with Gasteiger partial charge < -0.3 is 9.84 Å². The van der Waals surface area contributed by atoms with E-state index in [9.17, 15) is 22.5 Å². The van der Waals surface area contributed by atoms with Crippen LogP contribution in [0, 0.1) is 0 Å². The summed E-state index contributed by atoms with van der Waals surface area (Å²) in [5, 5.41) is 2.29. The highest BCUT2D eigenvalue weighted by Gasteiger charge is 2.32. The fraction of sp³-hybridized carbons (Fsp3) is 0.471. The van der Waals surface area contributed by atoms with E-state index >= 15 is 0 Å². The number of hydrogen-bond donors (Lipinski definition) is 1. The van der Waals surface area contributed by atoms with Crippen LogP contribution in [0.1, 0.15) is 40.2 Å². The van der Waals surface area contributed by atoms with Crippen LogP contribution < -0.4 is 5.32 Å². The fourth-order valence-electron chi connectivity index (χ4n) is 1.92. The average molecular weight is 409 g/mol. The smallest absolute Gasteiger partial charge is 0.409 e. The quantitative estimate of drug-likeness (QED) is 0.348. The highest BCUT2D eigenvalue weighted by atomic mass is 31.2. The van der Waals surface area contributed by atoms with Crippen LogP contribution in [-0.4, -0.2) is 18.1 Å². The molecule has 0 bridgehead atoms. The summed E-state index contributed by atoms with van der Waals surface area (Å²) in [6.45, 7) is 7.90. The highest BCUT2D eigenvalue weighted by Crippen LogP contribution is 2.53. The van der Waals surface area contributed by atoms with Crippen molar-refractivity contribution in [1.82, 2.24) is 0 Å². The molecule has 1 aromatic carbocycles. The van der Waals surface area contributed by atoms with E-state index in [-0.39, 0.29) is 11.4 Å². The molecular weight excluding hydrogens is 386 g/mol. The molecule has 27 heavy (non-hydrogen) atoms. The molecule has 0 heterocycles. The summed E-state index contributed by atoms with van der Waals surface area (Å²) in [6.07, 6.45) is -4.49. The number of alkyl halides is 3. The molecule has 0 aliphatic rings. The van der Waals surface area contributed by atoms with Crippen molar-refractivity contribution in [2.24, 2.45) is 0 Å². The van der Waals surface area contributed by atoms with Gasteiger partial charge >= 0.3 is 14.0 Å². The minimum atomic E-state index is -4.52. The number of benzene rings is 1. The van der Waals surface area contributed by atoms with Crippen LogP contribution in [0.4, 0.5) is 18.9 Å². The zero-order chi connectivity index (χ0) is 20.8. The molecular formula is C17H23F3NO5P. The van der Waals surface area contributed by atoms with Crippen LogP contribution >= 0.6 is 7.82 Å². The second-order valence-electron chi connectivity index (χ2n) is 6.17. The number of allylic oxidation sites excluding steroid dienone is 1. The standard InChI is InChI=1S/C17H23F3NO5P/c1-11(2)24-27(23,25-12(3)4)26-13(5)9-16(22)21-15-8-6-7-14(10-15)17(18,19)20/h6-12H,1-5H3,(H,21,22). The number of halogens is 3. The van der Waals surface area contributed by atoms with Crippen molar-refractivity contribution < 1.29 is 36.1 Å². The predicted molar refractivity (Wildman–Crippen MR) is 95.0 cm³/mol. The van der Waals surface area contributed by atoms with Gasteiger partial charge in [-0.1, -0.05) is 6.07 Å². The summed E-state index contributed by atoms with van der Waals surface area (Å²) >= 11 is 0. The van der Waals surface area contributed by atoms with Crippen molar-refractivity contribution in [2.75, 3.05) is 5.32 Å². The van der Waals surface area contributed by atoms with Gasteiger partial charge in [-0.05, 0) is 52.8 Å². The first kappa shape index (κ1) is 23.2. The predicted octanol–water partition coefficient (Wildman–Crippen LogP) is 5.52. The van der Waals surface area contributed by atoms with Gasteiger partial charge in [0.1, 0.15) is 5.76 Å². The molecule has 0 unspecified atom stereocenters. The molecule has 0 aliphatic carbocycles. The Morgan fingerprint density at radius 2 is 1.70 bits per heavy atom. The summed E-state index contributed by atoms with van der Waals surface area (Å²) in [7, 11) is -3.95. The minimum absolute atomic E-state index is 0.0427. The third-order valence-electron chi connectivity index (χ3n) is 2.73. The average Bonchev–Trinajstić information content (AvgIpc) is 2.43. The number of phosphoric acid groups is 1. The molecule has 10 heteroatoms. The van der Waals surface area contributed by atoms with E-state index in [0.717, 1.165) is 18.2 Å². The van der Waals surface area contributed by atoms with Gasteiger partial charge in [-0.3, -0.25) is 13.8 Å². The Morgan fingerprint density at radius 1 is 1.15 bits per heavy atom. The molecule has 0 saturated carbocycles. The van der Waals surface area contributed by atoms with Crippen LogP contribution in [0.5, 0.6) is 0 Å². The Balaban J connectivity index is 2.86. The molecule has 1 rings (SSSR count). The van der Waals surface area contributed by atoms with Crippen LogP contribution in [0.25, 0.3) is 0 Å². The largest absolute Gasteiger partial charge is 0.530 e. The molecule has 1 aromatic rings. The zero-order valence-corrected chi connectivity index (χ0v) is 16.6. The molecule has 0 atom stereocenters. The third kappa shape index (κ3) is 8.60. The molecule has 0 aliphatic heterocycles. The van der Waals surface area contributed by atoms with E-state index in [1.165, 1.54) is 19.1 Å². The Hall–Kier alpha value is -1.83. The molecule has 1 amide bonds. The Kier molecular flexibility index (Phi) is 8.07. The molecule has 0 saturated heterocycles. The summed E-state index contributed by atoms with van der Waals surface area (Å²) in [4.78, 5) is 12.0. The normalized spacial score (nSPS) is 13.2. The summed E-state index contributed by atoms with van der Waals surface area (Å²) < 4.78 is 66.2. The molecule has 0 spiro atoms. The van der Waals surface area contributed by atoms with Gasteiger partial charge in [0, 0.05) is 11.8 Å². The second kappa shape index (κ2) is 9.39. The zero-order valence-electron chi connectivity index (χ0n) is 15.7. The number of carbonyl (C=O) groups is 1. The Labute approximate surface area is 156 Å². The van der Waals surface area contributed by atoms with Crippen molar-refractivity contribution in [3.8, 4) is 0 Å². The van der Waals surface area contributed by atoms with E-state index in [0.29, 0.717) is 0 Å². The lowest BCUT2D eigenvalue weighted by atomic mass is 10.2. The van der Waals surface area contributed by atoms with Crippen LogP contribution in [-0.2, 0) is 29.1 Å². The number of anilines is 1. The van der Waals surface area contributed by atoms with E-state index in [1.54, 1.807) is 27.7 Å². The first-order valence-corrected chi connectivity index (χ1v) is 9.60. The molecule has 0 fully saturated rings. The van der Waals surface area contributed by atoms with E-state index in [4.69, 9.17) is 13.6 Å². The number of nitrogens with one attached hydrogen (secondary N) is 1. The first-order valence-electron chi connectivity index (χ1n) is 8.14. The van der Waals surface area contributed by atoms with E-state index in [2.05, 4.69) is 5.32 Å². The highest BCUT2D eigenvalue weighted by molar-refractivity contribution is 7.48. The molecule has 0 radical (unpaired) electrons.